The topological polar surface area (TPSA) is 64.3 Å². The molecule has 1 aliphatic rings. The Morgan fingerprint density at radius 3 is 2.82 bits per heavy atom. The van der Waals surface area contributed by atoms with Crippen molar-refractivity contribution >= 4 is 11.6 Å². The largest absolute Gasteiger partial charge is 0.398 e. The third kappa shape index (κ3) is 2.58. The molecule has 1 saturated heterocycles. The zero-order valence-electron chi connectivity index (χ0n) is 10.2. The van der Waals surface area contributed by atoms with Crippen LogP contribution >= 0.6 is 0 Å². The summed E-state index contributed by atoms with van der Waals surface area (Å²) in [5.74, 6) is -0.0651. The van der Waals surface area contributed by atoms with Gasteiger partial charge in [0.1, 0.15) is 0 Å². The number of nitrogens with one attached hydrogen (secondary N) is 1. The van der Waals surface area contributed by atoms with Gasteiger partial charge in [-0.15, -0.1) is 0 Å². The number of aryl methyl sites for hydroxylation is 2. The van der Waals surface area contributed by atoms with Crippen molar-refractivity contribution in [2.45, 2.75) is 26.3 Å². The first-order valence-electron chi connectivity index (χ1n) is 5.83. The molecule has 0 aliphatic carbocycles. The highest BCUT2D eigenvalue weighted by Crippen LogP contribution is 2.18. The quantitative estimate of drug-likeness (QED) is 0.760. The number of amides is 1. The first-order valence-corrected chi connectivity index (χ1v) is 5.83. The first-order chi connectivity index (χ1) is 8.08. The van der Waals surface area contributed by atoms with E-state index in [4.69, 9.17) is 10.5 Å². The van der Waals surface area contributed by atoms with Gasteiger partial charge in [0.15, 0.2) is 0 Å². The minimum Gasteiger partial charge on any atom is -0.398 e. The smallest absolute Gasteiger partial charge is 0.251 e. The molecule has 4 heteroatoms. The second-order valence-corrected chi connectivity index (χ2v) is 4.56. The van der Waals surface area contributed by atoms with E-state index in [0.717, 1.165) is 24.2 Å². The van der Waals surface area contributed by atoms with Gasteiger partial charge < -0.3 is 15.8 Å². The number of anilines is 1. The van der Waals surface area contributed by atoms with E-state index in [9.17, 15) is 4.79 Å². The van der Waals surface area contributed by atoms with E-state index in [-0.39, 0.29) is 11.9 Å². The van der Waals surface area contributed by atoms with Crippen LogP contribution in [-0.2, 0) is 4.74 Å². The Kier molecular flexibility index (Phi) is 3.33. The zero-order valence-corrected chi connectivity index (χ0v) is 10.2. The summed E-state index contributed by atoms with van der Waals surface area (Å²) in [5.41, 5.74) is 9.09. The molecule has 92 valence electrons. The number of nitrogen functional groups attached to an aromatic ring is 1. The van der Waals surface area contributed by atoms with Gasteiger partial charge in [0.05, 0.1) is 12.6 Å². The van der Waals surface area contributed by atoms with Gasteiger partial charge in [0.2, 0.25) is 0 Å². The molecule has 0 bridgehead atoms. The third-order valence-corrected chi connectivity index (χ3v) is 3.12. The summed E-state index contributed by atoms with van der Waals surface area (Å²) < 4.78 is 5.23. The van der Waals surface area contributed by atoms with Crippen LogP contribution in [0.3, 0.4) is 0 Å². The molecule has 0 aromatic heterocycles. The SMILES string of the molecule is Cc1cc(C)c(C(=O)NC2CCOC2)cc1N. The molecule has 1 atom stereocenters. The van der Waals surface area contributed by atoms with Crippen molar-refractivity contribution in [2.24, 2.45) is 0 Å². The molecule has 1 aromatic rings. The molecule has 2 rings (SSSR count). The van der Waals surface area contributed by atoms with Crippen molar-refractivity contribution in [1.29, 1.82) is 0 Å². The van der Waals surface area contributed by atoms with Crippen LogP contribution in [0.5, 0.6) is 0 Å². The molecule has 1 aromatic carbocycles. The number of hydrogen-bond donors (Lipinski definition) is 2. The number of carbonyl (C=O) groups is 1. The Bertz CT molecular complexity index is 437. The van der Waals surface area contributed by atoms with Crippen molar-refractivity contribution < 1.29 is 9.53 Å². The summed E-state index contributed by atoms with van der Waals surface area (Å²) in [7, 11) is 0. The summed E-state index contributed by atoms with van der Waals surface area (Å²) in [5, 5.41) is 2.96. The normalized spacial score (nSPS) is 19.3. The molecule has 1 unspecified atom stereocenters. The van der Waals surface area contributed by atoms with E-state index >= 15 is 0 Å². The van der Waals surface area contributed by atoms with E-state index < -0.39 is 0 Å². The van der Waals surface area contributed by atoms with E-state index in [1.54, 1.807) is 6.07 Å². The van der Waals surface area contributed by atoms with Crippen molar-refractivity contribution in [1.82, 2.24) is 5.32 Å². The summed E-state index contributed by atoms with van der Waals surface area (Å²) in [4.78, 5) is 12.1. The number of carbonyl (C=O) groups excluding carboxylic acids is 1. The molecular formula is C13H18N2O2. The lowest BCUT2D eigenvalue weighted by molar-refractivity contribution is 0.0929. The highest BCUT2D eigenvalue weighted by Gasteiger charge is 2.19. The Labute approximate surface area is 101 Å². The lowest BCUT2D eigenvalue weighted by Crippen LogP contribution is -2.35. The Morgan fingerprint density at radius 2 is 2.18 bits per heavy atom. The Hall–Kier alpha value is -1.55. The number of nitrogens with two attached hydrogens (primary N) is 1. The van der Waals surface area contributed by atoms with Crippen LogP contribution < -0.4 is 11.1 Å². The van der Waals surface area contributed by atoms with Gasteiger partial charge in [0, 0.05) is 17.9 Å². The van der Waals surface area contributed by atoms with Crippen molar-refractivity contribution in [2.75, 3.05) is 18.9 Å². The third-order valence-electron chi connectivity index (χ3n) is 3.12. The number of benzene rings is 1. The molecule has 4 nitrogen and oxygen atoms in total. The highest BCUT2D eigenvalue weighted by atomic mass is 16.5. The Balaban J connectivity index is 2.15. The average Bonchev–Trinajstić information content (AvgIpc) is 2.76. The first kappa shape index (κ1) is 11.9. The molecule has 0 spiro atoms. The molecule has 1 amide bonds. The van der Waals surface area contributed by atoms with E-state index in [1.807, 2.05) is 19.9 Å². The summed E-state index contributed by atoms with van der Waals surface area (Å²) in [6.07, 6.45) is 0.881. The van der Waals surface area contributed by atoms with Crippen LogP contribution in [-0.4, -0.2) is 25.2 Å². The van der Waals surface area contributed by atoms with Crippen molar-refractivity contribution in [3.63, 3.8) is 0 Å². The fourth-order valence-corrected chi connectivity index (χ4v) is 2.03. The van der Waals surface area contributed by atoms with Crippen LogP contribution in [0.25, 0.3) is 0 Å². The second kappa shape index (κ2) is 4.75. The van der Waals surface area contributed by atoms with Crippen LogP contribution in [0.4, 0.5) is 5.69 Å². The lowest BCUT2D eigenvalue weighted by atomic mass is 10.0. The lowest BCUT2D eigenvalue weighted by Gasteiger charge is -2.13. The summed E-state index contributed by atoms with van der Waals surface area (Å²) >= 11 is 0. The number of rotatable bonds is 2. The zero-order chi connectivity index (χ0) is 12.4. The van der Waals surface area contributed by atoms with E-state index in [2.05, 4.69) is 5.32 Å². The molecule has 1 heterocycles. The molecule has 0 radical (unpaired) electrons. The van der Waals surface area contributed by atoms with Crippen LogP contribution in [0.2, 0.25) is 0 Å². The molecule has 17 heavy (non-hydrogen) atoms. The maximum atomic E-state index is 12.1. The maximum Gasteiger partial charge on any atom is 0.251 e. The number of ether oxygens (including phenoxy) is 1. The van der Waals surface area contributed by atoms with Gasteiger partial charge in [-0.25, -0.2) is 0 Å². The standard InChI is InChI=1S/C13H18N2O2/c1-8-5-9(2)12(14)6-11(8)13(16)15-10-3-4-17-7-10/h5-6,10H,3-4,7,14H2,1-2H3,(H,15,16). The minimum absolute atomic E-state index is 0.0651. The fraction of sp³-hybridized carbons (Fsp3) is 0.462. The molecule has 1 aliphatic heterocycles. The Morgan fingerprint density at radius 1 is 1.41 bits per heavy atom. The number of hydrogen-bond acceptors (Lipinski definition) is 3. The molecule has 0 saturated carbocycles. The van der Waals surface area contributed by atoms with Crippen molar-refractivity contribution in [3.8, 4) is 0 Å². The predicted molar refractivity (Wildman–Crippen MR) is 67.0 cm³/mol. The van der Waals surface area contributed by atoms with Gasteiger partial charge in [-0.3, -0.25) is 4.79 Å². The monoisotopic (exact) mass is 234 g/mol. The van der Waals surface area contributed by atoms with Gasteiger partial charge in [-0.05, 0) is 37.5 Å². The predicted octanol–water partition coefficient (Wildman–Crippen LogP) is 1.40. The summed E-state index contributed by atoms with van der Waals surface area (Å²) in [6, 6.07) is 3.81. The van der Waals surface area contributed by atoms with E-state index in [1.165, 1.54) is 0 Å². The van der Waals surface area contributed by atoms with Crippen LogP contribution in [0.15, 0.2) is 12.1 Å². The van der Waals surface area contributed by atoms with Gasteiger partial charge in [-0.1, -0.05) is 6.07 Å². The minimum atomic E-state index is -0.0651. The molecule has 1 fully saturated rings. The fourth-order valence-electron chi connectivity index (χ4n) is 2.03. The van der Waals surface area contributed by atoms with Crippen molar-refractivity contribution in [3.05, 3.63) is 28.8 Å². The molecule has 3 N–H and O–H groups in total. The second-order valence-electron chi connectivity index (χ2n) is 4.56. The van der Waals surface area contributed by atoms with Gasteiger partial charge >= 0.3 is 0 Å². The average molecular weight is 234 g/mol. The maximum absolute atomic E-state index is 12.1. The van der Waals surface area contributed by atoms with E-state index in [0.29, 0.717) is 17.9 Å². The van der Waals surface area contributed by atoms with Gasteiger partial charge in [-0.2, -0.15) is 0 Å². The van der Waals surface area contributed by atoms with Gasteiger partial charge in [0.25, 0.3) is 5.91 Å². The summed E-state index contributed by atoms with van der Waals surface area (Å²) in [6.45, 7) is 5.19. The highest BCUT2D eigenvalue weighted by molar-refractivity contribution is 5.96. The van der Waals surface area contributed by atoms with Crippen LogP contribution in [0.1, 0.15) is 27.9 Å². The van der Waals surface area contributed by atoms with Crippen LogP contribution in [0, 0.1) is 13.8 Å². The molecular weight excluding hydrogens is 216 g/mol.